The predicted molar refractivity (Wildman–Crippen MR) is 97.2 cm³/mol. The number of hydrogen-bond donors (Lipinski definition) is 2. The SMILES string of the molecule is CC(=O)OCC1OC(O)C(NC(=O)OCC(Cl)(Cl)Cl)[C@@H](OC(C)=O)[C@H]1OC(C)=O. The molecule has 0 bridgehead atoms. The second-order valence-corrected chi connectivity index (χ2v) is 8.39. The van der Waals surface area contributed by atoms with Crippen molar-refractivity contribution >= 4 is 58.8 Å². The number of esters is 3. The highest BCUT2D eigenvalue weighted by molar-refractivity contribution is 6.67. The smallest absolute Gasteiger partial charge is 0.407 e. The molecule has 0 aromatic heterocycles. The molecular formula is C15H20Cl3NO10. The van der Waals surface area contributed by atoms with Crippen molar-refractivity contribution < 1.29 is 48.0 Å². The van der Waals surface area contributed by atoms with Crippen LogP contribution in [0.1, 0.15) is 20.8 Å². The van der Waals surface area contributed by atoms with Gasteiger partial charge in [-0.3, -0.25) is 14.4 Å². The Labute approximate surface area is 180 Å². The maximum Gasteiger partial charge on any atom is 0.407 e. The number of aliphatic hydroxyl groups is 1. The van der Waals surface area contributed by atoms with Crippen LogP contribution in [-0.2, 0) is 38.1 Å². The summed E-state index contributed by atoms with van der Waals surface area (Å²) in [5.41, 5.74) is 0. The molecular weight excluding hydrogens is 461 g/mol. The number of alkyl carbamates (subject to hydrolysis) is 1. The van der Waals surface area contributed by atoms with Gasteiger partial charge in [-0.15, -0.1) is 0 Å². The van der Waals surface area contributed by atoms with Gasteiger partial charge in [0.2, 0.25) is 3.79 Å². The summed E-state index contributed by atoms with van der Waals surface area (Å²) in [4.78, 5) is 46.1. The van der Waals surface area contributed by atoms with Crippen molar-refractivity contribution in [2.24, 2.45) is 0 Å². The first-order valence-corrected chi connectivity index (χ1v) is 9.25. The monoisotopic (exact) mass is 479 g/mol. The average molecular weight is 481 g/mol. The van der Waals surface area contributed by atoms with Crippen molar-refractivity contribution in [2.45, 2.75) is 55.2 Å². The number of rotatable bonds is 6. The van der Waals surface area contributed by atoms with Crippen molar-refractivity contribution in [2.75, 3.05) is 13.2 Å². The average Bonchev–Trinajstić information content (AvgIpc) is 2.55. The fourth-order valence-corrected chi connectivity index (χ4v) is 2.56. The van der Waals surface area contributed by atoms with Crippen LogP contribution < -0.4 is 5.32 Å². The standard InChI is InChI=1S/C15H20Cl3NO10/c1-6(20)25-4-9-11(27-7(2)21)12(28-8(3)22)10(13(23)29-9)19-14(24)26-5-15(16,17)18/h9-13,23H,4-5H2,1-3H3,(H,19,24)/t9?,10?,11-,12+,13?/m0/s1. The van der Waals surface area contributed by atoms with Gasteiger partial charge in [-0.1, -0.05) is 34.8 Å². The minimum Gasteiger partial charge on any atom is -0.463 e. The van der Waals surface area contributed by atoms with E-state index in [0.29, 0.717) is 0 Å². The van der Waals surface area contributed by atoms with Crippen LogP contribution >= 0.6 is 34.8 Å². The number of aliphatic hydroxyl groups excluding tert-OH is 1. The van der Waals surface area contributed by atoms with E-state index < -0.39 is 71.7 Å². The van der Waals surface area contributed by atoms with Crippen LogP contribution in [0.5, 0.6) is 0 Å². The first-order chi connectivity index (χ1) is 13.3. The van der Waals surface area contributed by atoms with E-state index in [0.717, 1.165) is 20.8 Å². The summed E-state index contributed by atoms with van der Waals surface area (Å²) in [6, 6.07) is -1.43. The molecule has 0 aromatic carbocycles. The highest BCUT2D eigenvalue weighted by atomic mass is 35.6. The van der Waals surface area contributed by atoms with E-state index >= 15 is 0 Å². The lowest BCUT2D eigenvalue weighted by Gasteiger charge is -2.43. The molecule has 1 amide bonds. The van der Waals surface area contributed by atoms with Gasteiger partial charge in [-0.2, -0.15) is 0 Å². The summed E-state index contributed by atoms with van der Waals surface area (Å²) in [6.07, 6.45) is -6.84. The Morgan fingerprint density at radius 3 is 2.00 bits per heavy atom. The minimum atomic E-state index is -1.89. The normalized spacial score (nSPS) is 26.8. The van der Waals surface area contributed by atoms with E-state index in [1.807, 2.05) is 0 Å². The van der Waals surface area contributed by atoms with Gasteiger partial charge in [-0.05, 0) is 0 Å². The van der Waals surface area contributed by atoms with Crippen molar-refractivity contribution in [1.29, 1.82) is 0 Å². The van der Waals surface area contributed by atoms with E-state index in [1.165, 1.54) is 0 Å². The van der Waals surface area contributed by atoms with E-state index in [9.17, 15) is 24.3 Å². The fourth-order valence-electron chi connectivity index (χ4n) is 2.40. The summed E-state index contributed by atoms with van der Waals surface area (Å²) in [5, 5.41) is 12.5. The topological polar surface area (TPSA) is 147 Å². The second kappa shape index (κ2) is 11.0. The summed E-state index contributed by atoms with van der Waals surface area (Å²) < 4.78 is 23.2. The van der Waals surface area contributed by atoms with Crippen LogP contribution in [0.25, 0.3) is 0 Å². The number of amides is 1. The maximum atomic E-state index is 12.0. The Morgan fingerprint density at radius 1 is 0.966 bits per heavy atom. The van der Waals surface area contributed by atoms with E-state index in [4.69, 9.17) is 58.5 Å². The molecule has 29 heavy (non-hydrogen) atoms. The Hall–Kier alpha value is -1.53. The highest BCUT2D eigenvalue weighted by Gasteiger charge is 2.50. The number of ether oxygens (including phenoxy) is 5. The van der Waals surface area contributed by atoms with Gasteiger partial charge >= 0.3 is 24.0 Å². The predicted octanol–water partition coefficient (Wildman–Crippen LogP) is 0.595. The zero-order valence-corrected chi connectivity index (χ0v) is 17.8. The first-order valence-electron chi connectivity index (χ1n) is 8.11. The van der Waals surface area contributed by atoms with Crippen LogP contribution in [0.3, 0.4) is 0 Å². The molecule has 1 aliphatic rings. The molecule has 0 saturated carbocycles. The van der Waals surface area contributed by atoms with Crippen LogP contribution in [0.4, 0.5) is 4.79 Å². The Kier molecular flexibility index (Phi) is 9.69. The Bertz CT molecular complexity index is 626. The molecule has 166 valence electrons. The lowest BCUT2D eigenvalue weighted by atomic mass is 9.96. The molecule has 1 fully saturated rings. The number of carbonyl (C=O) groups excluding carboxylic acids is 4. The zero-order chi connectivity index (χ0) is 22.4. The minimum absolute atomic E-state index is 0.424. The van der Waals surface area contributed by atoms with Crippen LogP contribution in [-0.4, -0.2) is 76.8 Å². The van der Waals surface area contributed by atoms with Gasteiger partial charge < -0.3 is 34.1 Å². The summed E-state index contributed by atoms with van der Waals surface area (Å²) in [6.45, 7) is 2.23. The molecule has 5 atom stereocenters. The van der Waals surface area contributed by atoms with Crippen molar-refractivity contribution in [3.8, 4) is 0 Å². The molecule has 2 N–H and O–H groups in total. The molecule has 14 heteroatoms. The van der Waals surface area contributed by atoms with Gasteiger partial charge in [0.1, 0.15) is 25.4 Å². The third-order valence-corrected chi connectivity index (χ3v) is 3.70. The van der Waals surface area contributed by atoms with Gasteiger partial charge in [0.15, 0.2) is 18.5 Å². The molecule has 3 unspecified atom stereocenters. The maximum absolute atomic E-state index is 12.0. The molecule has 1 rings (SSSR count). The number of halogens is 3. The third-order valence-electron chi connectivity index (χ3n) is 3.37. The van der Waals surface area contributed by atoms with Gasteiger partial charge in [0.25, 0.3) is 0 Å². The molecule has 11 nitrogen and oxygen atoms in total. The number of hydrogen-bond acceptors (Lipinski definition) is 10. The largest absolute Gasteiger partial charge is 0.463 e. The molecule has 1 heterocycles. The number of nitrogens with one attached hydrogen (secondary N) is 1. The molecule has 1 aliphatic heterocycles. The van der Waals surface area contributed by atoms with Crippen molar-refractivity contribution in [3.63, 3.8) is 0 Å². The molecule has 0 aliphatic carbocycles. The number of carbonyl (C=O) groups is 4. The summed E-state index contributed by atoms with van der Waals surface area (Å²) >= 11 is 16.5. The lowest BCUT2D eigenvalue weighted by molar-refractivity contribution is -0.264. The van der Waals surface area contributed by atoms with E-state index in [2.05, 4.69) is 5.32 Å². The van der Waals surface area contributed by atoms with Crippen LogP contribution in [0.2, 0.25) is 0 Å². The summed E-state index contributed by atoms with van der Waals surface area (Å²) in [5.74, 6) is -2.25. The van der Waals surface area contributed by atoms with Crippen molar-refractivity contribution in [3.05, 3.63) is 0 Å². The van der Waals surface area contributed by atoms with Crippen LogP contribution in [0.15, 0.2) is 0 Å². The number of alkyl halides is 3. The molecule has 0 aromatic rings. The second-order valence-electron chi connectivity index (χ2n) is 5.88. The van der Waals surface area contributed by atoms with Gasteiger partial charge in [-0.25, -0.2) is 4.79 Å². The van der Waals surface area contributed by atoms with Gasteiger partial charge in [0, 0.05) is 20.8 Å². The van der Waals surface area contributed by atoms with Crippen LogP contribution in [0, 0.1) is 0 Å². The first kappa shape index (κ1) is 25.5. The lowest BCUT2D eigenvalue weighted by Crippen LogP contribution is -2.66. The third kappa shape index (κ3) is 9.22. The van der Waals surface area contributed by atoms with E-state index in [1.54, 1.807) is 0 Å². The van der Waals surface area contributed by atoms with Gasteiger partial charge in [0.05, 0.1) is 0 Å². The van der Waals surface area contributed by atoms with Crippen molar-refractivity contribution in [1.82, 2.24) is 5.32 Å². The summed E-state index contributed by atoms with van der Waals surface area (Å²) in [7, 11) is 0. The Balaban J connectivity index is 3.06. The highest BCUT2D eigenvalue weighted by Crippen LogP contribution is 2.27. The van der Waals surface area contributed by atoms with E-state index in [-0.39, 0.29) is 0 Å². The molecule has 0 spiro atoms. The Morgan fingerprint density at radius 2 is 1.52 bits per heavy atom. The fraction of sp³-hybridized carbons (Fsp3) is 0.733. The zero-order valence-electron chi connectivity index (χ0n) is 15.6. The molecule has 1 saturated heterocycles. The quantitative estimate of drug-likeness (QED) is 0.314. The molecule has 0 radical (unpaired) electrons.